The standard InChI is InChI=1S/C25H36N4O5/c1-4-5-6-7-13-33-25(32)26-16-22-20(15-27-29(22)3)21-11-12-23(17(2)28-21)34-19-10-8-9-18(14-19)24(30)31/h11-12,15,18-19H,4-10,13-14,16H2,1-3H3,(H,26,32)(H,30,31)/t18-,19-/m0/s1. The molecule has 186 valence electrons. The molecule has 0 radical (unpaired) electrons. The summed E-state index contributed by atoms with van der Waals surface area (Å²) in [5, 5.41) is 16.4. The van der Waals surface area contributed by atoms with Crippen molar-refractivity contribution in [2.24, 2.45) is 13.0 Å². The number of carbonyl (C=O) groups is 2. The number of amides is 1. The number of ether oxygens (including phenoxy) is 2. The normalized spacial score (nSPS) is 17.9. The van der Waals surface area contributed by atoms with E-state index in [1.807, 2.05) is 26.1 Å². The summed E-state index contributed by atoms with van der Waals surface area (Å²) in [6, 6.07) is 3.74. The van der Waals surface area contributed by atoms with Crippen molar-refractivity contribution < 1.29 is 24.2 Å². The Balaban J connectivity index is 1.60. The van der Waals surface area contributed by atoms with Gasteiger partial charge in [0.05, 0.1) is 48.5 Å². The first-order valence-electron chi connectivity index (χ1n) is 12.2. The third-order valence-electron chi connectivity index (χ3n) is 6.28. The van der Waals surface area contributed by atoms with E-state index in [0.717, 1.165) is 61.2 Å². The topological polar surface area (TPSA) is 116 Å². The number of carbonyl (C=O) groups excluding carboxylic acids is 1. The summed E-state index contributed by atoms with van der Waals surface area (Å²) in [4.78, 5) is 28.1. The van der Waals surface area contributed by atoms with Gasteiger partial charge in [-0.05, 0) is 51.2 Å². The van der Waals surface area contributed by atoms with Crippen molar-refractivity contribution in [3.8, 4) is 17.0 Å². The van der Waals surface area contributed by atoms with Crippen LogP contribution in [0.3, 0.4) is 0 Å². The first-order valence-corrected chi connectivity index (χ1v) is 12.2. The summed E-state index contributed by atoms with van der Waals surface area (Å²) in [5.41, 5.74) is 3.10. The maximum atomic E-state index is 12.1. The minimum atomic E-state index is -0.753. The smallest absolute Gasteiger partial charge is 0.407 e. The largest absolute Gasteiger partial charge is 0.489 e. The highest BCUT2D eigenvalue weighted by Crippen LogP contribution is 2.31. The Labute approximate surface area is 200 Å². The highest BCUT2D eigenvalue weighted by Gasteiger charge is 2.28. The molecule has 0 aromatic carbocycles. The summed E-state index contributed by atoms with van der Waals surface area (Å²) >= 11 is 0. The molecule has 1 amide bonds. The van der Waals surface area contributed by atoms with Crippen molar-refractivity contribution in [1.29, 1.82) is 0 Å². The van der Waals surface area contributed by atoms with E-state index in [1.54, 1.807) is 10.9 Å². The van der Waals surface area contributed by atoms with Crippen molar-refractivity contribution in [3.63, 3.8) is 0 Å². The maximum Gasteiger partial charge on any atom is 0.407 e. The molecule has 2 N–H and O–H groups in total. The van der Waals surface area contributed by atoms with Gasteiger partial charge >= 0.3 is 12.1 Å². The van der Waals surface area contributed by atoms with Crippen LogP contribution in [0.1, 0.15) is 69.7 Å². The van der Waals surface area contributed by atoms with Crippen LogP contribution >= 0.6 is 0 Å². The molecular formula is C25H36N4O5. The zero-order valence-electron chi connectivity index (χ0n) is 20.4. The third-order valence-corrected chi connectivity index (χ3v) is 6.28. The Bertz CT molecular complexity index is 974. The fraction of sp³-hybridized carbons (Fsp3) is 0.600. The van der Waals surface area contributed by atoms with Gasteiger partial charge in [-0.25, -0.2) is 9.78 Å². The maximum absolute atomic E-state index is 12.1. The Hall–Kier alpha value is -3.10. The van der Waals surface area contributed by atoms with Crippen LogP contribution in [0, 0.1) is 12.8 Å². The molecule has 9 nitrogen and oxygen atoms in total. The van der Waals surface area contributed by atoms with Crippen LogP contribution in [0.5, 0.6) is 5.75 Å². The first-order chi connectivity index (χ1) is 16.4. The lowest BCUT2D eigenvalue weighted by Gasteiger charge is -2.27. The zero-order chi connectivity index (χ0) is 24.5. The van der Waals surface area contributed by atoms with E-state index in [-0.39, 0.29) is 18.6 Å². The minimum absolute atomic E-state index is 0.118. The second-order valence-corrected chi connectivity index (χ2v) is 8.90. The molecule has 2 aromatic rings. The molecule has 3 rings (SSSR count). The van der Waals surface area contributed by atoms with Crippen molar-refractivity contribution in [3.05, 3.63) is 29.7 Å². The summed E-state index contributed by atoms with van der Waals surface area (Å²) in [6.07, 6.45) is 8.29. The van der Waals surface area contributed by atoms with Crippen molar-refractivity contribution in [1.82, 2.24) is 20.1 Å². The number of nitrogens with one attached hydrogen (secondary N) is 1. The van der Waals surface area contributed by atoms with Gasteiger partial charge in [-0.1, -0.05) is 26.2 Å². The number of aromatic nitrogens is 3. The molecule has 0 spiro atoms. The molecular weight excluding hydrogens is 436 g/mol. The summed E-state index contributed by atoms with van der Waals surface area (Å²) in [7, 11) is 1.82. The molecule has 2 atom stereocenters. The SMILES string of the molecule is CCCCCCOC(=O)NCc1c(-c2ccc(O[C@H]3CCC[C@H](C(=O)O)C3)c(C)n2)cnn1C. The first kappa shape index (κ1) is 25.5. The summed E-state index contributed by atoms with van der Waals surface area (Å²) in [5.74, 6) is -0.439. The van der Waals surface area contributed by atoms with E-state index in [0.29, 0.717) is 25.2 Å². The molecule has 2 aromatic heterocycles. The summed E-state index contributed by atoms with van der Waals surface area (Å²) in [6.45, 7) is 4.71. The number of hydrogen-bond donors (Lipinski definition) is 2. The molecule has 34 heavy (non-hydrogen) atoms. The van der Waals surface area contributed by atoms with Crippen LogP contribution in [-0.2, 0) is 23.1 Å². The van der Waals surface area contributed by atoms with E-state index in [4.69, 9.17) is 14.5 Å². The Morgan fingerprint density at radius 1 is 1.24 bits per heavy atom. The van der Waals surface area contributed by atoms with Gasteiger partial charge in [0, 0.05) is 12.6 Å². The molecule has 9 heteroatoms. The minimum Gasteiger partial charge on any atom is -0.489 e. The molecule has 0 aliphatic heterocycles. The lowest BCUT2D eigenvalue weighted by molar-refractivity contribution is -0.143. The number of carboxylic acids is 1. The van der Waals surface area contributed by atoms with Gasteiger partial charge in [0.2, 0.25) is 0 Å². The number of unbranched alkanes of at least 4 members (excludes halogenated alkanes) is 3. The monoisotopic (exact) mass is 472 g/mol. The molecule has 2 heterocycles. The van der Waals surface area contributed by atoms with E-state index >= 15 is 0 Å². The van der Waals surface area contributed by atoms with Crippen LogP contribution in [0.2, 0.25) is 0 Å². The fourth-order valence-corrected chi connectivity index (χ4v) is 4.27. The lowest BCUT2D eigenvalue weighted by atomic mass is 9.87. The number of aliphatic carboxylic acids is 1. The molecule has 1 aliphatic rings. The van der Waals surface area contributed by atoms with Crippen LogP contribution in [0.4, 0.5) is 4.79 Å². The van der Waals surface area contributed by atoms with E-state index < -0.39 is 12.1 Å². The van der Waals surface area contributed by atoms with Crippen molar-refractivity contribution in [2.75, 3.05) is 6.61 Å². The lowest BCUT2D eigenvalue weighted by Crippen LogP contribution is -2.29. The Morgan fingerprint density at radius 3 is 2.79 bits per heavy atom. The van der Waals surface area contributed by atoms with Gasteiger partial charge in [-0.3, -0.25) is 9.48 Å². The third kappa shape index (κ3) is 6.95. The number of hydrogen-bond acceptors (Lipinski definition) is 6. The molecule has 1 saturated carbocycles. The highest BCUT2D eigenvalue weighted by molar-refractivity contribution is 5.70. The van der Waals surface area contributed by atoms with Crippen molar-refractivity contribution in [2.45, 2.75) is 77.9 Å². The molecule has 0 bridgehead atoms. The summed E-state index contributed by atoms with van der Waals surface area (Å²) < 4.78 is 13.1. The highest BCUT2D eigenvalue weighted by atomic mass is 16.5. The second kappa shape index (κ2) is 12.4. The van der Waals surface area contributed by atoms with Crippen LogP contribution in [-0.4, -0.2) is 44.6 Å². The average molecular weight is 473 g/mol. The molecule has 0 unspecified atom stereocenters. The Kier molecular flexibility index (Phi) is 9.30. The zero-order valence-corrected chi connectivity index (χ0v) is 20.4. The quantitative estimate of drug-likeness (QED) is 0.459. The second-order valence-electron chi connectivity index (χ2n) is 8.90. The number of alkyl carbamates (subject to hydrolysis) is 1. The fourth-order valence-electron chi connectivity index (χ4n) is 4.27. The van der Waals surface area contributed by atoms with Gasteiger partial charge in [0.1, 0.15) is 5.75 Å². The van der Waals surface area contributed by atoms with Gasteiger partial charge in [-0.2, -0.15) is 5.10 Å². The molecule has 0 saturated heterocycles. The van der Waals surface area contributed by atoms with E-state index in [9.17, 15) is 14.7 Å². The Morgan fingerprint density at radius 2 is 2.06 bits per heavy atom. The van der Waals surface area contributed by atoms with E-state index in [1.165, 1.54) is 0 Å². The van der Waals surface area contributed by atoms with Gasteiger partial charge in [0.15, 0.2) is 0 Å². The van der Waals surface area contributed by atoms with Gasteiger partial charge in [-0.15, -0.1) is 0 Å². The number of rotatable bonds is 11. The number of nitrogens with zero attached hydrogens (tertiary/aromatic N) is 3. The van der Waals surface area contributed by atoms with Crippen molar-refractivity contribution >= 4 is 12.1 Å². The van der Waals surface area contributed by atoms with Crippen LogP contribution < -0.4 is 10.1 Å². The average Bonchev–Trinajstić information content (AvgIpc) is 3.19. The molecule has 1 fully saturated rings. The van der Waals surface area contributed by atoms with Crippen LogP contribution in [0.25, 0.3) is 11.3 Å². The predicted molar refractivity (Wildman–Crippen MR) is 128 cm³/mol. The predicted octanol–water partition coefficient (Wildman–Crippen LogP) is 4.62. The van der Waals surface area contributed by atoms with E-state index in [2.05, 4.69) is 17.3 Å². The molecule has 1 aliphatic carbocycles. The number of pyridine rings is 1. The number of aryl methyl sites for hydroxylation is 2. The van der Waals surface area contributed by atoms with Crippen LogP contribution in [0.15, 0.2) is 18.3 Å². The number of carboxylic acid groups (broad SMARTS) is 1. The van der Waals surface area contributed by atoms with Gasteiger partial charge in [0.25, 0.3) is 0 Å². The van der Waals surface area contributed by atoms with Gasteiger partial charge < -0.3 is 19.9 Å².